The van der Waals surface area contributed by atoms with Crippen LogP contribution < -0.4 is 4.18 Å². The zero-order chi connectivity index (χ0) is 22.8. The van der Waals surface area contributed by atoms with Crippen LogP contribution in [0.1, 0.15) is 31.2 Å². The van der Waals surface area contributed by atoms with E-state index >= 15 is 0 Å². The van der Waals surface area contributed by atoms with Gasteiger partial charge in [0.2, 0.25) is 0 Å². The molecule has 1 rings (SSSR count). The van der Waals surface area contributed by atoms with Crippen LogP contribution in [-0.2, 0) is 35.6 Å². The van der Waals surface area contributed by atoms with Crippen LogP contribution in [0.5, 0.6) is 5.75 Å². The first kappa shape index (κ1) is 25.5. The molecule has 0 heterocycles. The molecule has 0 aromatic heterocycles. The Kier molecular flexibility index (Phi) is 9.83. The van der Waals surface area contributed by atoms with Gasteiger partial charge in [0, 0.05) is 0 Å². The van der Waals surface area contributed by atoms with Crippen LogP contribution in [0.3, 0.4) is 0 Å². The third-order valence-corrected chi connectivity index (χ3v) is 5.00. The SMILES string of the molecule is COC(=O)C(CCC/C=C\CCc1ccccc1OS(=O)(=O)C(F)(F)F)C(=O)OC. The number of rotatable bonds is 11. The van der Waals surface area contributed by atoms with Gasteiger partial charge in [-0.3, -0.25) is 9.59 Å². The summed E-state index contributed by atoms with van der Waals surface area (Å²) in [5.74, 6) is -2.71. The van der Waals surface area contributed by atoms with Gasteiger partial charge in [-0.25, -0.2) is 0 Å². The van der Waals surface area contributed by atoms with Crippen molar-refractivity contribution in [2.75, 3.05) is 14.2 Å². The van der Waals surface area contributed by atoms with Gasteiger partial charge in [0.1, 0.15) is 5.75 Å². The number of benzene rings is 1. The Labute approximate surface area is 172 Å². The molecule has 168 valence electrons. The van der Waals surface area contributed by atoms with Gasteiger partial charge in [0.05, 0.1) is 14.2 Å². The highest BCUT2D eigenvalue weighted by molar-refractivity contribution is 7.88. The van der Waals surface area contributed by atoms with E-state index in [9.17, 15) is 31.2 Å². The number of hydrogen-bond donors (Lipinski definition) is 0. The fourth-order valence-electron chi connectivity index (χ4n) is 2.49. The lowest BCUT2D eigenvalue weighted by Crippen LogP contribution is -2.28. The normalized spacial score (nSPS) is 12.2. The highest BCUT2D eigenvalue weighted by Crippen LogP contribution is 2.29. The van der Waals surface area contributed by atoms with Crippen molar-refractivity contribution in [2.24, 2.45) is 5.92 Å². The summed E-state index contributed by atoms with van der Waals surface area (Å²) in [6.45, 7) is 0. The number of methoxy groups -OCH3 is 2. The second-order valence-electron chi connectivity index (χ2n) is 6.13. The van der Waals surface area contributed by atoms with Gasteiger partial charge >= 0.3 is 27.6 Å². The predicted octanol–water partition coefficient (Wildman–Crippen LogP) is 3.54. The second-order valence-corrected chi connectivity index (χ2v) is 7.67. The molecule has 1 aromatic carbocycles. The number of allylic oxidation sites excluding steroid dienone is 2. The van der Waals surface area contributed by atoms with E-state index in [0.29, 0.717) is 24.8 Å². The summed E-state index contributed by atoms with van der Waals surface area (Å²) in [6, 6.07) is 5.57. The van der Waals surface area contributed by atoms with Gasteiger partial charge in [-0.05, 0) is 43.7 Å². The van der Waals surface area contributed by atoms with Gasteiger partial charge in [0.15, 0.2) is 5.92 Å². The van der Waals surface area contributed by atoms with Gasteiger partial charge in [-0.2, -0.15) is 21.6 Å². The Balaban J connectivity index is 2.56. The smallest absolute Gasteiger partial charge is 0.468 e. The van der Waals surface area contributed by atoms with Crippen molar-refractivity contribution in [3.63, 3.8) is 0 Å². The summed E-state index contributed by atoms with van der Waals surface area (Å²) in [7, 11) is -3.38. The molecular formula is C19H23F3O7S. The molecule has 0 aliphatic carbocycles. The fourth-order valence-corrected chi connectivity index (χ4v) is 2.98. The van der Waals surface area contributed by atoms with E-state index < -0.39 is 33.5 Å². The minimum atomic E-state index is -5.74. The van der Waals surface area contributed by atoms with Gasteiger partial charge in [0.25, 0.3) is 0 Å². The number of ether oxygens (including phenoxy) is 2. The van der Waals surface area contributed by atoms with Crippen molar-refractivity contribution in [3.8, 4) is 5.75 Å². The van der Waals surface area contributed by atoms with Crippen LogP contribution in [0.15, 0.2) is 36.4 Å². The third kappa shape index (κ3) is 7.69. The molecule has 0 aliphatic rings. The Morgan fingerprint density at radius 1 is 1.03 bits per heavy atom. The van der Waals surface area contributed by atoms with Crippen molar-refractivity contribution in [2.45, 2.75) is 37.6 Å². The lowest BCUT2D eigenvalue weighted by Gasteiger charge is -2.12. The van der Waals surface area contributed by atoms with Gasteiger partial charge < -0.3 is 13.7 Å². The Bertz CT molecular complexity index is 832. The minimum absolute atomic E-state index is 0.246. The number of esters is 2. The standard InChI is InChI=1S/C19H23F3O7S/c1-27-17(23)15(18(24)28-2)12-7-5-3-4-6-10-14-11-8-9-13-16(14)29-30(25,26)19(20,21)22/h3-4,8-9,11,13,15H,5-7,10,12H2,1-2H3/b4-3-. The molecule has 0 N–H and O–H groups in total. The van der Waals surface area contributed by atoms with Crippen molar-refractivity contribution in [3.05, 3.63) is 42.0 Å². The Morgan fingerprint density at radius 3 is 2.17 bits per heavy atom. The summed E-state index contributed by atoms with van der Waals surface area (Å²) in [5, 5.41) is 0. The third-order valence-electron chi connectivity index (χ3n) is 4.04. The van der Waals surface area contributed by atoms with E-state index in [-0.39, 0.29) is 18.6 Å². The topological polar surface area (TPSA) is 96.0 Å². The van der Waals surface area contributed by atoms with Crippen LogP contribution >= 0.6 is 0 Å². The summed E-state index contributed by atoms with van der Waals surface area (Å²) in [6.07, 6.45) is 5.54. The molecule has 30 heavy (non-hydrogen) atoms. The van der Waals surface area contributed by atoms with Crippen LogP contribution in [0.4, 0.5) is 13.2 Å². The highest BCUT2D eigenvalue weighted by atomic mass is 32.2. The van der Waals surface area contributed by atoms with Crippen LogP contribution in [0.25, 0.3) is 0 Å². The molecule has 0 unspecified atom stereocenters. The largest absolute Gasteiger partial charge is 0.534 e. The molecule has 0 radical (unpaired) electrons. The molecule has 0 atom stereocenters. The molecule has 11 heteroatoms. The van der Waals surface area contributed by atoms with Crippen molar-refractivity contribution < 1.29 is 44.8 Å². The van der Waals surface area contributed by atoms with Crippen LogP contribution in [0, 0.1) is 5.92 Å². The molecule has 0 saturated heterocycles. The van der Waals surface area contributed by atoms with E-state index in [1.807, 2.05) is 0 Å². The number of para-hydroxylation sites is 1. The number of carbonyl (C=O) groups excluding carboxylic acids is 2. The van der Waals surface area contributed by atoms with Gasteiger partial charge in [-0.15, -0.1) is 0 Å². The average molecular weight is 452 g/mol. The maximum atomic E-state index is 12.5. The molecule has 0 fully saturated rings. The zero-order valence-corrected chi connectivity index (χ0v) is 17.3. The number of hydrogen-bond acceptors (Lipinski definition) is 7. The van der Waals surface area contributed by atoms with Crippen molar-refractivity contribution >= 4 is 22.1 Å². The molecule has 7 nitrogen and oxygen atoms in total. The van der Waals surface area contributed by atoms with Crippen molar-refractivity contribution in [1.29, 1.82) is 0 Å². The fraction of sp³-hybridized carbons (Fsp3) is 0.474. The number of carbonyl (C=O) groups is 2. The number of aryl methyl sites for hydroxylation is 1. The summed E-state index contributed by atoms with van der Waals surface area (Å²) >= 11 is 0. The van der Waals surface area contributed by atoms with E-state index in [1.165, 1.54) is 26.4 Å². The monoisotopic (exact) mass is 452 g/mol. The summed E-state index contributed by atoms with van der Waals surface area (Å²) < 4.78 is 73.2. The number of unbranched alkanes of at least 4 members (excludes halogenated alkanes) is 1. The number of halogens is 3. The molecule has 0 spiro atoms. The Morgan fingerprint density at radius 2 is 1.60 bits per heavy atom. The van der Waals surface area contributed by atoms with E-state index in [1.54, 1.807) is 18.2 Å². The van der Waals surface area contributed by atoms with Crippen LogP contribution in [0.2, 0.25) is 0 Å². The molecule has 0 bridgehead atoms. The van der Waals surface area contributed by atoms with E-state index in [0.717, 1.165) is 6.07 Å². The lowest BCUT2D eigenvalue weighted by molar-refractivity contribution is -0.159. The first-order valence-corrected chi connectivity index (χ1v) is 10.3. The minimum Gasteiger partial charge on any atom is -0.468 e. The molecule has 0 saturated carbocycles. The zero-order valence-electron chi connectivity index (χ0n) is 16.5. The maximum Gasteiger partial charge on any atom is 0.534 e. The quantitative estimate of drug-likeness (QED) is 0.127. The Hall–Kier alpha value is -2.56. The van der Waals surface area contributed by atoms with E-state index in [2.05, 4.69) is 13.7 Å². The number of alkyl halides is 3. The van der Waals surface area contributed by atoms with Gasteiger partial charge in [-0.1, -0.05) is 30.4 Å². The van der Waals surface area contributed by atoms with Crippen LogP contribution in [-0.4, -0.2) is 40.1 Å². The van der Waals surface area contributed by atoms with Crippen molar-refractivity contribution in [1.82, 2.24) is 0 Å². The summed E-state index contributed by atoms with van der Waals surface area (Å²) in [5.41, 5.74) is -5.20. The molecule has 0 aliphatic heterocycles. The van der Waals surface area contributed by atoms with E-state index in [4.69, 9.17) is 0 Å². The molecule has 1 aromatic rings. The second kappa shape index (κ2) is 11.6. The first-order chi connectivity index (χ1) is 14.0. The summed E-state index contributed by atoms with van der Waals surface area (Å²) in [4.78, 5) is 23.1. The first-order valence-electron chi connectivity index (χ1n) is 8.92. The lowest BCUT2D eigenvalue weighted by atomic mass is 10.0. The maximum absolute atomic E-state index is 12.5. The molecular weight excluding hydrogens is 429 g/mol. The predicted molar refractivity (Wildman–Crippen MR) is 101 cm³/mol. The molecule has 0 amide bonds. The highest BCUT2D eigenvalue weighted by Gasteiger charge is 2.48. The average Bonchev–Trinajstić information content (AvgIpc) is 2.69.